The van der Waals surface area contributed by atoms with Gasteiger partial charge in [0.2, 0.25) is 11.8 Å². The topological polar surface area (TPSA) is 79.0 Å². The minimum Gasteiger partial charge on any atom is -0.444 e. The average molecular weight is 478 g/mol. The van der Waals surface area contributed by atoms with Crippen LogP contribution in [0.4, 0.5) is 19.3 Å². The maximum absolute atomic E-state index is 14.9. The molecule has 1 N–H and O–H groups in total. The molecule has 3 heterocycles. The first-order chi connectivity index (χ1) is 16.0. The van der Waals surface area contributed by atoms with Crippen LogP contribution in [0.3, 0.4) is 0 Å². The van der Waals surface area contributed by atoms with E-state index in [4.69, 9.17) is 4.74 Å². The molecule has 0 aliphatic carbocycles. The molecule has 3 fully saturated rings. The highest BCUT2D eigenvalue weighted by atomic mass is 19.1. The van der Waals surface area contributed by atoms with Crippen molar-refractivity contribution in [3.05, 3.63) is 29.3 Å². The molecule has 0 saturated carbocycles. The van der Waals surface area contributed by atoms with Crippen LogP contribution in [-0.4, -0.2) is 54.6 Å². The molecule has 3 aliphatic rings. The monoisotopic (exact) mass is 477 g/mol. The molecule has 186 valence electrons. The van der Waals surface area contributed by atoms with Crippen LogP contribution in [0.25, 0.3) is 0 Å². The second-order valence-electron chi connectivity index (χ2n) is 10.8. The first kappa shape index (κ1) is 24.4. The largest absolute Gasteiger partial charge is 0.444 e. The summed E-state index contributed by atoms with van der Waals surface area (Å²) in [5.74, 6) is -3.57. The van der Waals surface area contributed by atoms with Crippen molar-refractivity contribution in [1.82, 2.24) is 10.2 Å². The molecule has 0 radical (unpaired) electrons. The molecule has 7 nitrogen and oxygen atoms in total. The molecule has 3 saturated heterocycles. The van der Waals surface area contributed by atoms with E-state index in [9.17, 15) is 23.2 Å². The summed E-state index contributed by atoms with van der Waals surface area (Å²) < 4.78 is 35.3. The van der Waals surface area contributed by atoms with E-state index in [2.05, 4.69) is 5.32 Å². The van der Waals surface area contributed by atoms with E-state index in [-0.39, 0.29) is 29.9 Å². The Morgan fingerprint density at radius 1 is 1.03 bits per heavy atom. The summed E-state index contributed by atoms with van der Waals surface area (Å²) in [6.07, 6.45) is 3.43. The summed E-state index contributed by atoms with van der Waals surface area (Å²) in [6.45, 7) is 8.21. The lowest BCUT2D eigenvalue weighted by atomic mass is 9.71. The van der Waals surface area contributed by atoms with Crippen molar-refractivity contribution < 1.29 is 27.9 Å². The van der Waals surface area contributed by atoms with Crippen LogP contribution in [0.5, 0.6) is 0 Å². The van der Waals surface area contributed by atoms with Gasteiger partial charge >= 0.3 is 6.09 Å². The zero-order chi connectivity index (χ0) is 24.7. The number of nitrogens with zero attached hydrogens (tertiary/aromatic N) is 2. The Balaban J connectivity index is 1.37. The van der Waals surface area contributed by atoms with Crippen molar-refractivity contribution >= 4 is 23.6 Å². The van der Waals surface area contributed by atoms with Gasteiger partial charge in [-0.1, -0.05) is 0 Å². The summed E-state index contributed by atoms with van der Waals surface area (Å²) in [5.41, 5.74) is -0.196. The molecule has 1 unspecified atom stereocenters. The van der Waals surface area contributed by atoms with Crippen molar-refractivity contribution in [3.8, 4) is 0 Å². The maximum Gasteiger partial charge on any atom is 0.410 e. The number of amides is 3. The van der Waals surface area contributed by atoms with Gasteiger partial charge in [-0.2, -0.15) is 0 Å². The Kier molecular flexibility index (Phi) is 6.57. The van der Waals surface area contributed by atoms with Gasteiger partial charge in [0, 0.05) is 43.9 Å². The Bertz CT molecular complexity index is 950. The minimum atomic E-state index is -0.994. The lowest BCUT2D eigenvalue weighted by Crippen LogP contribution is -2.49. The maximum atomic E-state index is 14.9. The number of likely N-dealkylation sites (tertiary alicyclic amines) is 1. The van der Waals surface area contributed by atoms with E-state index < -0.39 is 35.0 Å². The van der Waals surface area contributed by atoms with E-state index in [0.29, 0.717) is 31.9 Å². The molecule has 9 heteroatoms. The third kappa shape index (κ3) is 5.18. The smallest absolute Gasteiger partial charge is 0.410 e. The predicted molar refractivity (Wildman–Crippen MR) is 122 cm³/mol. The molecule has 0 bridgehead atoms. The molecule has 3 amide bonds. The van der Waals surface area contributed by atoms with Crippen LogP contribution in [0.1, 0.15) is 70.8 Å². The third-order valence-corrected chi connectivity index (χ3v) is 7.32. The fraction of sp³-hybridized carbons (Fsp3) is 0.640. The number of anilines is 1. The van der Waals surface area contributed by atoms with Gasteiger partial charge in [0.15, 0.2) is 0 Å². The van der Waals surface area contributed by atoms with Gasteiger partial charge in [0.05, 0.1) is 5.92 Å². The lowest BCUT2D eigenvalue weighted by Gasteiger charge is -2.47. The van der Waals surface area contributed by atoms with Crippen molar-refractivity contribution in [3.63, 3.8) is 0 Å². The first-order valence-electron chi connectivity index (χ1n) is 12.0. The number of benzene rings is 1. The van der Waals surface area contributed by atoms with Crippen molar-refractivity contribution in [2.45, 2.75) is 70.8 Å². The standard InChI is InChI=1S/C25H33F2N3O4/c1-24(2,3)34-23(33)30-12-8-25(9-13-30)6-10-29(11-7-25)16-14-18(26)21(19(27)15-16)17-4-5-20(31)28-22(17)32/h14-15,17H,4-13H2,1-3H3,(H,28,31,32). The number of carbonyl (C=O) groups excluding carboxylic acids is 3. The van der Waals surface area contributed by atoms with E-state index >= 15 is 0 Å². The molecular weight excluding hydrogens is 444 g/mol. The summed E-state index contributed by atoms with van der Waals surface area (Å²) in [5, 5.41) is 2.16. The van der Waals surface area contributed by atoms with Crippen molar-refractivity contribution in [2.75, 3.05) is 31.1 Å². The predicted octanol–water partition coefficient (Wildman–Crippen LogP) is 4.10. The second-order valence-corrected chi connectivity index (χ2v) is 10.8. The number of hydrogen-bond donors (Lipinski definition) is 1. The quantitative estimate of drug-likeness (QED) is 0.649. The SMILES string of the molecule is CC(C)(C)OC(=O)N1CCC2(CC1)CCN(c1cc(F)c(C3CCC(=O)NC3=O)c(F)c1)CC2. The molecule has 34 heavy (non-hydrogen) atoms. The first-order valence-corrected chi connectivity index (χ1v) is 12.0. The molecular formula is C25H33F2N3O4. The van der Waals surface area contributed by atoms with Crippen LogP contribution in [0.2, 0.25) is 0 Å². The molecule has 1 aromatic rings. The summed E-state index contributed by atoms with van der Waals surface area (Å²) >= 11 is 0. The summed E-state index contributed by atoms with van der Waals surface area (Å²) in [6, 6.07) is 2.59. The number of halogens is 2. The highest BCUT2D eigenvalue weighted by molar-refractivity contribution is 6.01. The second kappa shape index (κ2) is 9.15. The van der Waals surface area contributed by atoms with Crippen LogP contribution in [0, 0.1) is 17.0 Å². The number of piperidine rings is 3. The Labute approximate surface area is 198 Å². The third-order valence-electron chi connectivity index (χ3n) is 7.32. The van der Waals surface area contributed by atoms with E-state index in [0.717, 1.165) is 25.7 Å². The Hall–Kier alpha value is -2.71. The van der Waals surface area contributed by atoms with Gasteiger partial charge in [-0.25, -0.2) is 13.6 Å². The molecule has 1 atom stereocenters. The minimum absolute atomic E-state index is 0.0661. The zero-order valence-electron chi connectivity index (χ0n) is 20.1. The summed E-state index contributed by atoms with van der Waals surface area (Å²) in [4.78, 5) is 39.5. The molecule has 4 rings (SSSR count). The number of hydrogen-bond acceptors (Lipinski definition) is 5. The molecule has 1 aromatic carbocycles. The van der Waals surface area contributed by atoms with Gasteiger partial charge in [-0.3, -0.25) is 14.9 Å². The fourth-order valence-electron chi connectivity index (χ4n) is 5.28. The van der Waals surface area contributed by atoms with Gasteiger partial charge in [-0.05, 0) is 70.4 Å². The zero-order valence-corrected chi connectivity index (χ0v) is 20.1. The van der Waals surface area contributed by atoms with Gasteiger partial charge in [0.25, 0.3) is 0 Å². The van der Waals surface area contributed by atoms with Crippen molar-refractivity contribution in [2.24, 2.45) is 5.41 Å². The number of imide groups is 1. The van der Waals surface area contributed by atoms with Gasteiger partial charge < -0.3 is 14.5 Å². The molecule has 0 aromatic heterocycles. The Morgan fingerprint density at radius 3 is 2.12 bits per heavy atom. The highest BCUT2D eigenvalue weighted by Gasteiger charge is 2.40. The highest BCUT2D eigenvalue weighted by Crippen LogP contribution is 2.43. The number of nitrogens with one attached hydrogen (secondary N) is 1. The Morgan fingerprint density at radius 2 is 1.59 bits per heavy atom. The van der Waals surface area contributed by atoms with Crippen LogP contribution < -0.4 is 10.2 Å². The van der Waals surface area contributed by atoms with E-state index in [1.165, 1.54) is 12.1 Å². The van der Waals surface area contributed by atoms with E-state index in [1.54, 1.807) is 4.90 Å². The number of rotatable bonds is 2. The number of carbonyl (C=O) groups is 3. The lowest BCUT2D eigenvalue weighted by molar-refractivity contribution is -0.134. The van der Waals surface area contributed by atoms with Crippen LogP contribution >= 0.6 is 0 Å². The molecule has 3 aliphatic heterocycles. The summed E-state index contributed by atoms with van der Waals surface area (Å²) in [7, 11) is 0. The number of ether oxygens (including phenoxy) is 1. The van der Waals surface area contributed by atoms with Gasteiger partial charge in [-0.15, -0.1) is 0 Å². The van der Waals surface area contributed by atoms with Gasteiger partial charge in [0.1, 0.15) is 17.2 Å². The molecule has 1 spiro atoms. The van der Waals surface area contributed by atoms with Crippen molar-refractivity contribution in [1.29, 1.82) is 0 Å². The van der Waals surface area contributed by atoms with E-state index in [1.807, 2.05) is 25.7 Å². The van der Waals surface area contributed by atoms with Crippen LogP contribution in [-0.2, 0) is 14.3 Å². The fourth-order valence-corrected chi connectivity index (χ4v) is 5.28. The van der Waals surface area contributed by atoms with Crippen LogP contribution in [0.15, 0.2) is 12.1 Å². The normalized spacial score (nSPS) is 23.1. The average Bonchev–Trinajstić information content (AvgIpc) is 2.74.